The average molecular weight is 254 g/mol. The predicted molar refractivity (Wildman–Crippen MR) is 68.5 cm³/mol. The molecule has 100 valence electrons. The Morgan fingerprint density at radius 2 is 2.06 bits per heavy atom. The van der Waals surface area contributed by atoms with Crippen molar-refractivity contribution in [3.8, 4) is 0 Å². The van der Waals surface area contributed by atoms with Crippen LogP contribution in [0.5, 0.6) is 0 Å². The fraction of sp³-hybridized carbons (Fsp3) is 0.571. The summed E-state index contributed by atoms with van der Waals surface area (Å²) in [5.74, 6) is 0. The maximum absolute atomic E-state index is 13.0. The van der Waals surface area contributed by atoms with E-state index in [1.807, 2.05) is 30.3 Å². The number of nitrogens with two attached hydrogens (primary N) is 1. The topological polar surface area (TPSA) is 29.3 Å². The Kier molecular flexibility index (Phi) is 3.97. The molecule has 18 heavy (non-hydrogen) atoms. The van der Waals surface area contributed by atoms with Crippen molar-refractivity contribution in [3.63, 3.8) is 0 Å². The van der Waals surface area contributed by atoms with Gasteiger partial charge in [-0.3, -0.25) is 4.90 Å². The smallest absolute Gasteiger partial charge is 0.257 e. The zero-order chi connectivity index (χ0) is 13.2. The maximum Gasteiger partial charge on any atom is 0.257 e. The summed E-state index contributed by atoms with van der Waals surface area (Å²) in [4.78, 5) is 2.08. The molecule has 2 rings (SSSR count). The van der Waals surface area contributed by atoms with Crippen molar-refractivity contribution in [2.45, 2.75) is 44.3 Å². The largest absolute Gasteiger partial charge is 0.319 e. The molecule has 0 aromatic heterocycles. The molecule has 2 atom stereocenters. The third-order valence-corrected chi connectivity index (χ3v) is 3.78. The second kappa shape index (κ2) is 5.33. The lowest BCUT2D eigenvalue weighted by Gasteiger charge is -2.37. The highest BCUT2D eigenvalue weighted by molar-refractivity contribution is 5.15. The normalized spacial score (nSPS) is 24.4. The number of halogens is 2. The van der Waals surface area contributed by atoms with E-state index in [2.05, 4.69) is 4.90 Å². The molecule has 0 spiro atoms. The van der Waals surface area contributed by atoms with Crippen LogP contribution < -0.4 is 5.73 Å². The molecular formula is C14H20F2N2. The van der Waals surface area contributed by atoms with Crippen LogP contribution in [0.2, 0.25) is 0 Å². The van der Waals surface area contributed by atoms with E-state index in [1.54, 1.807) is 0 Å². The molecule has 0 saturated carbocycles. The first-order valence-corrected chi connectivity index (χ1v) is 6.37. The van der Waals surface area contributed by atoms with Gasteiger partial charge >= 0.3 is 0 Å². The molecule has 1 aromatic carbocycles. The van der Waals surface area contributed by atoms with E-state index in [1.165, 1.54) is 6.92 Å². The summed E-state index contributed by atoms with van der Waals surface area (Å²) in [7, 11) is 0. The summed E-state index contributed by atoms with van der Waals surface area (Å²) in [6.07, 6.45) is -0.792. The standard InChI is InChI=1S/C14H20F2N2/c1-14(17,13(15)16)12-8-5-9-18(12)10-11-6-3-2-4-7-11/h2-4,6-7,12-13H,5,8-10,17H2,1H3. The second-order valence-electron chi connectivity index (χ2n) is 5.28. The van der Waals surface area contributed by atoms with Gasteiger partial charge in [-0.25, -0.2) is 8.78 Å². The van der Waals surface area contributed by atoms with E-state index < -0.39 is 12.0 Å². The van der Waals surface area contributed by atoms with Crippen LogP contribution >= 0.6 is 0 Å². The fourth-order valence-electron chi connectivity index (χ4n) is 2.68. The van der Waals surface area contributed by atoms with Crippen LogP contribution in [0.4, 0.5) is 8.78 Å². The molecule has 0 bridgehead atoms. The van der Waals surface area contributed by atoms with Gasteiger partial charge in [-0.1, -0.05) is 30.3 Å². The summed E-state index contributed by atoms with van der Waals surface area (Å²) < 4.78 is 26.0. The van der Waals surface area contributed by atoms with E-state index in [4.69, 9.17) is 5.73 Å². The van der Waals surface area contributed by atoms with Gasteiger partial charge < -0.3 is 5.73 Å². The van der Waals surface area contributed by atoms with E-state index in [0.29, 0.717) is 6.54 Å². The zero-order valence-electron chi connectivity index (χ0n) is 10.7. The SMILES string of the molecule is CC(N)(C(F)F)C1CCCN1Cc1ccccc1. The Balaban J connectivity index is 2.09. The highest BCUT2D eigenvalue weighted by Gasteiger charge is 2.44. The number of likely N-dealkylation sites (tertiary alicyclic amines) is 1. The number of rotatable bonds is 4. The molecule has 1 fully saturated rings. The van der Waals surface area contributed by atoms with E-state index in [-0.39, 0.29) is 6.04 Å². The summed E-state index contributed by atoms with van der Waals surface area (Å²) >= 11 is 0. The minimum atomic E-state index is -2.49. The first-order valence-electron chi connectivity index (χ1n) is 6.37. The number of hydrogen-bond acceptors (Lipinski definition) is 2. The molecule has 2 unspecified atom stereocenters. The quantitative estimate of drug-likeness (QED) is 0.895. The van der Waals surface area contributed by atoms with Crippen molar-refractivity contribution in [2.24, 2.45) is 5.73 Å². The number of alkyl halides is 2. The van der Waals surface area contributed by atoms with Crippen LogP contribution in [0, 0.1) is 0 Å². The Morgan fingerprint density at radius 1 is 1.39 bits per heavy atom. The molecule has 1 aliphatic rings. The predicted octanol–water partition coefficient (Wildman–Crippen LogP) is 2.63. The first-order chi connectivity index (χ1) is 8.51. The fourth-order valence-corrected chi connectivity index (χ4v) is 2.68. The second-order valence-corrected chi connectivity index (χ2v) is 5.28. The Hall–Kier alpha value is -1.00. The third kappa shape index (κ3) is 2.70. The van der Waals surface area contributed by atoms with Crippen molar-refractivity contribution in [1.82, 2.24) is 4.90 Å². The zero-order valence-corrected chi connectivity index (χ0v) is 10.7. The van der Waals surface area contributed by atoms with Gasteiger partial charge in [0.25, 0.3) is 6.43 Å². The van der Waals surface area contributed by atoms with Crippen molar-refractivity contribution in [1.29, 1.82) is 0 Å². The molecule has 0 amide bonds. The number of hydrogen-bond donors (Lipinski definition) is 1. The average Bonchev–Trinajstić information content (AvgIpc) is 2.79. The van der Waals surface area contributed by atoms with Crippen molar-refractivity contribution in [3.05, 3.63) is 35.9 Å². The molecular weight excluding hydrogens is 234 g/mol. The summed E-state index contributed by atoms with van der Waals surface area (Å²) in [6.45, 7) is 3.01. The van der Waals surface area contributed by atoms with E-state index in [9.17, 15) is 8.78 Å². The first kappa shape index (κ1) is 13.4. The summed E-state index contributed by atoms with van der Waals surface area (Å²) in [6, 6.07) is 9.69. The van der Waals surface area contributed by atoms with E-state index in [0.717, 1.165) is 24.9 Å². The molecule has 0 radical (unpaired) electrons. The number of nitrogens with zero attached hydrogens (tertiary/aromatic N) is 1. The van der Waals surface area contributed by atoms with Crippen molar-refractivity contribution >= 4 is 0 Å². The van der Waals surface area contributed by atoms with Crippen LogP contribution in [0.1, 0.15) is 25.3 Å². The molecule has 1 heterocycles. The molecule has 2 nitrogen and oxygen atoms in total. The van der Waals surface area contributed by atoms with Gasteiger partial charge in [0.15, 0.2) is 0 Å². The highest BCUT2D eigenvalue weighted by atomic mass is 19.3. The molecule has 1 saturated heterocycles. The Labute approximate surface area is 107 Å². The van der Waals surface area contributed by atoms with Gasteiger partial charge in [0.2, 0.25) is 0 Å². The maximum atomic E-state index is 13.0. The van der Waals surface area contributed by atoms with Gasteiger partial charge in [-0.2, -0.15) is 0 Å². The molecule has 2 N–H and O–H groups in total. The van der Waals surface area contributed by atoms with Gasteiger partial charge in [0, 0.05) is 12.6 Å². The van der Waals surface area contributed by atoms with Crippen LogP contribution in [-0.4, -0.2) is 29.5 Å². The van der Waals surface area contributed by atoms with Gasteiger partial charge in [0.1, 0.15) is 0 Å². The molecule has 0 aliphatic carbocycles. The van der Waals surface area contributed by atoms with Gasteiger partial charge in [-0.15, -0.1) is 0 Å². The van der Waals surface area contributed by atoms with Crippen LogP contribution in [0.15, 0.2) is 30.3 Å². The van der Waals surface area contributed by atoms with Crippen LogP contribution in [-0.2, 0) is 6.54 Å². The van der Waals surface area contributed by atoms with Crippen LogP contribution in [0.3, 0.4) is 0 Å². The number of benzene rings is 1. The monoisotopic (exact) mass is 254 g/mol. The Morgan fingerprint density at radius 3 is 2.67 bits per heavy atom. The van der Waals surface area contributed by atoms with Crippen molar-refractivity contribution in [2.75, 3.05) is 6.54 Å². The summed E-state index contributed by atoms with van der Waals surface area (Å²) in [5, 5.41) is 0. The van der Waals surface area contributed by atoms with Crippen molar-refractivity contribution < 1.29 is 8.78 Å². The highest BCUT2D eigenvalue weighted by Crippen LogP contribution is 2.30. The summed E-state index contributed by atoms with van der Waals surface area (Å²) in [5.41, 5.74) is 5.54. The van der Waals surface area contributed by atoms with Gasteiger partial charge in [-0.05, 0) is 31.9 Å². The van der Waals surface area contributed by atoms with Crippen LogP contribution in [0.25, 0.3) is 0 Å². The minimum Gasteiger partial charge on any atom is -0.319 e. The minimum absolute atomic E-state index is 0.238. The van der Waals surface area contributed by atoms with Gasteiger partial charge in [0.05, 0.1) is 5.54 Å². The van der Waals surface area contributed by atoms with E-state index >= 15 is 0 Å². The molecule has 1 aliphatic heterocycles. The molecule has 1 aromatic rings. The third-order valence-electron chi connectivity index (χ3n) is 3.78. The lowest BCUT2D eigenvalue weighted by Crippen LogP contribution is -2.58. The lowest BCUT2D eigenvalue weighted by atomic mass is 9.91. The lowest BCUT2D eigenvalue weighted by molar-refractivity contribution is 0.0121. The molecule has 4 heteroatoms. The Bertz CT molecular complexity index is 379.